The highest BCUT2D eigenvalue weighted by molar-refractivity contribution is 5.58. The highest BCUT2D eigenvalue weighted by Crippen LogP contribution is 2.45. The quantitative estimate of drug-likeness (QED) is 0.633. The number of hydrogen-bond acceptors (Lipinski definition) is 1. The Hall–Kier alpha value is -1.08. The third kappa shape index (κ3) is 0.967. The molecule has 0 spiro atoms. The fraction of sp³-hybridized carbons (Fsp3) is 0.429. The standard InChI is InChI=1S/C14H17N/c1-7-8(2)10(4)14-12-6-5-11(15-12)13(14)9(7)3/h5-6,11-12,15H,1-4H3. The van der Waals surface area contributed by atoms with E-state index >= 15 is 0 Å². The Morgan fingerprint density at radius 3 is 1.53 bits per heavy atom. The first-order valence-corrected chi connectivity index (χ1v) is 5.65. The van der Waals surface area contributed by atoms with Gasteiger partial charge in [0.2, 0.25) is 0 Å². The van der Waals surface area contributed by atoms with Crippen molar-refractivity contribution in [1.29, 1.82) is 0 Å². The summed E-state index contributed by atoms with van der Waals surface area (Å²) >= 11 is 0. The molecule has 2 bridgehead atoms. The average Bonchev–Trinajstić information content (AvgIpc) is 2.82. The number of benzene rings is 1. The summed E-state index contributed by atoms with van der Waals surface area (Å²) in [6.07, 6.45) is 4.60. The lowest BCUT2D eigenvalue weighted by molar-refractivity contribution is 0.671. The van der Waals surface area contributed by atoms with Crippen LogP contribution in [-0.4, -0.2) is 0 Å². The van der Waals surface area contributed by atoms with Crippen molar-refractivity contribution in [2.75, 3.05) is 0 Å². The Morgan fingerprint density at radius 1 is 0.733 bits per heavy atom. The Bertz CT molecular complexity index is 440. The molecule has 2 aliphatic heterocycles. The molecule has 2 atom stereocenters. The largest absolute Gasteiger partial charge is 0.296 e. The van der Waals surface area contributed by atoms with E-state index in [1.165, 1.54) is 22.3 Å². The van der Waals surface area contributed by atoms with Crippen molar-refractivity contribution in [3.05, 3.63) is 45.5 Å². The van der Waals surface area contributed by atoms with E-state index in [0.717, 1.165) is 0 Å². The Morgan fingerprint density at radius 2 is 1.13 bits per heavy atom. The van der Waals surface area contributed by atoms with Crippen LogP contribution >= 0.6 is 0 Å². The van der Waals surface area contributed by atoms with E-state index in [1.807, 2.05) is 0 Å². The molecule has 0 fully saturated rings. The van der Waals surface area contributed by atoms with Gasteiger partial charge < -0.3 is 0 Å². The topological polar surface area (TPSA) is 12.0 Å². The van der Waals surface area contributed by atoms with Crippen molar-refractivity contribution in [2.45, 2.75) is 39.8 Å². The fourth-order valence-electron chi connectivity index (χ4n) is 3.06. The summed E-state index contributed by atoms with van der Waals surface area (Å²) < 4.78 is 0. The van der Waals surface area contributed by atoms with Crippen LogP contribution in [0.3, 0.4) is 0 Å². The van der Waals surface area contributed by atoms with E-state index in [1.54, 1.807) is 11.1 Å². The maximum absolute atomic E-state index is 3.62. The maximum Gasteiger partial charge on any atom is 0.0520 e. The first kappa shape index (κ1) is 9.17. The summed E-state index contributed by atoms with van der Waals surface area (Å²) in [5.74, 6) is 0. The lowest BCUT2D eigenvalue weighted by Crippen LogP contribution is -2.07. The molecule has 0 amide bonds. The molecule has 1 N–H and O–H groups in total. The van der Waals surface area contributed by atoms with E-state index in [-0.39, 0.29) is 0 Å². The first-order chi connectivity index (χ1) is 7.11. The summed E-state index contributed by atoms with van der Waals surface area (Å²) in [5.41, 5.74) is 8.99. The monoisotopic (exact) mass is 199 g/mol. The van der Waals surface area contributed by atoms with Gasteiger partial charge in [-0.05, 0) is 61.1 Å². The van der Waals surface area contributed by atoms with Gasteiger partial charge in [-0.2, -0.15) is 0 Å². The van der Waals surface area contributed by atoms with Crippen LogP contribution in [-0.2, 0) is 0 Å². The summed E-state index contributed by atoms with van der Waals surface area (Å²) in [4.78, 5) is 0. The molecule has 2 unspecified atom stereocenters. The van der Waals surface area contributed by atoms with Crippen LogP contribution in [0.2, 0.25) is 0 Å². The van der Waals surface area contributed by atoms with Crippen molar-refractivity contribution in [2.24, 2.45) is 0 Å². The molecule has 2 heterocycles. The molecule has 15 heavy (non-hydrogen) atoms. The lowest BCUT2D eigenvalue weighted by atomic mass is 9.84. The van der Waals surface area contributed by atoms with E-state index in [2.05, 4.69) is 45.2 Å². The van der Waals surface area contributed by atoms with Gasteiger partial charge in [0.25, 0.3) is 0 Å². The van der Waals surface area contributed by atoms with Crippen LogP contribution in [0, 0.1) is 27.7 Å². The first-order valence-electron chi connectivity index (χ1n) is 5.65. The predicted octanol–water partition coefficient (Wildman–Crippen LogP) is 3.18. The highest BCUT2D eigenvalue weighted by atomic mass is 15.0. The van der Waals surface area contributed by atoms with Gasteiger partial charge in [0.05, 0.1) is 12.1 Å². The third-order valence-electron chi connectivity index (χ3n) is 4.26. The molecule has 0 aliphatic carbocycles. The van der Waals surface area contributed by atoms with E-state index in [9.17, 15) is 0 Å². The second-order valence-electron chi connectivity index (χ2n) is 4.83. The second-order valence-corrected chi connectivity index (χ2v) is 4.83. The zero-order chi connectivity index (χ0) is 10.7. The number of rotatable bonds is 0. The minimum atomic E-state index is 0.475. The Labute approximate surface area is 91.2 Å². The van der Waals surface area contributed by atoms with Crippen molar-refractivity contribution in [1.82, 2.24) is 5.32 Å². The van der Waals surface area contributed by atoms with Crippen LogP contribution in [0.5, 0.6) is 0 Å². The zero-order valence-corrected chi connectivity index (χ0v) is 9.81. The fourth-order valence-corrected chi connectivity index (χ4v) is 3.06. The van der Waals surface area contributed by atoms with Gasteiger partial charge in [0.1, 0.15) is 0 Å². The highest BCUT2D eigenvalue weighted by Gasteiger charge is 2.35. The molecular weight excluding hydrogens is 182 g/mol. The summed E-state index contributed by atoms with van der Waals surface area (Å²) in [6, 6.07) is 0.950. The SMILES string of the molecule is Cc1c(C)c(C)c2c(c1C)C1C=CC2N1. The second kappa shape index (κ2) is 2.73. The molecule has 0 radical (unpaired) electrons. The molecule has 1 heteroatoms. The van der Waals surface area contributed by atoms with Crippen molar-refractivity contribution in [3.8, 4) is 0 Å². The third-order valence-corrected chi connectivity index (χ3v) is 4.26. The molecule has 3 rings (SSSR count). The Kier molecular flexibility index (Phi) is 1.67. The van der Waals surface area contributed by atoms with Crippen molar-refractivity contribution in [3.63, 3.8) is 0 Å². The van der Waals surface area contributed by atoms with Crippen LogP contribution < -0.4 is 5.32 Å². The average molecular weight is 199 g/mol. The minimum Gasteiger partial charge on any atom is -0.296 e. The van der Waals surface area contributed by atoms with Crippen LogP contribution in [0.25, 0.3) is 0 Å². The van der Waals surface area contributed by atoms with Crippen LogP contribution in [0.4, 0.5) is 0 Å². The van der Waals surface area contributed by atoms with Gasteiger partial charge in [-0.15, -0.1) is 0 Å². The maximum atomic E-state index is 3.62. The van der Waals surface area contributed by atoms with Gasteiger partial charge in [0.15, 0.2) is 0 Å². The van der Waals surface area contributed by atoms with Gasteiger partial charge in [-0.3, -0.25) is 5.32 Å². The summed E-state index contributed by atoms with van der Waals surface area (Å²) in [5, 5.41) is 3.62. The summed E-state index contributed by atoms with van der Waals surface area (Å²) in [7, 11) is 0. The molecule has 0 saturated heterocycles. The molecule has 1 nitrogen and oxygen atoms in total. The molecule has 1 aromatic carbocycles. The van der Waals surface area contributed by atoms with E-state index < -0.39 is 0 Å². The molecule has 1 aromatic rings. The lowest BCUT2D eigenvalue weighted by Gasteiger charge is -2.20. The minimum absolute atomic E-state index is 0.475. The molecular formula is C14H17N. The molecule has 0 saturated carbocycles. The van der Waals surface area contributed by atoms with Crippen LogP contribution in [0.1, 0.15) is 45.5 Å². The van der Waals surface area contributed by atoms with Gasteiger partial charge in [0, 0.05) is 0 Å². The van der Waals surface area contributed by atoms with Crippen LogP contribution in [0.15, 0.2) is 12.2 Å². The van der Waals surface area contributed by atoms with Gasteiger partial charge in [-0.1, -0.05) is 12.2 Å². The normalized spacial score (nSPS) is 26.1. The number of hydrogen-bond donors (Lipinski definition) is 1. The van der Waals surface area contributed by atoms with Crippen molar-refractivity contribution < 1.29 is 0 Å². The smallest absolute Gasteiger partial charge is 0.0520 e. The number of nitrogens with one attached hydrogen (secondary N) is 1. The zero-order valence-electron chi connectivity index (χ0n) is 9.81. The van der Waals surface area contributed by atoms with Crippen molar-refractivity contribution >= 4 is 0 Å². The summed E-state index contributed by atoms with van der Waals surface area (Å²) in [6.45, 7) is 9.01. The van der Waals surface area contributed by atoms with Gasteiger partial charge >= 0.3 is 0 Å². The van der Waals surface area contributed by atoms with E-state index in [4.69, 9.17) is 0 Å². The molecule has 2 aliphatic rings. The molecule has 0 aromatic heterocycles. The number of fused-ring (bicyclic) bond motifs is 5. The predicted molar refractivity (Wildman–Crippen MR) is 63.1 cm³/mol. The van der Waals surface area contributed by atoms with E-state index in [0.29, 0.717) is 12.1 Å². The molecule has 78 valence electrons. The van der Waals surface area contributed by atoms with Gasteiger partial charge in [-0.25, -0.2) is 0 Å². The Balaban J connectivity index is 2.38.